The zero-order valence-corrected chi connectivity index (χ0v) is 11.6. The van der Waals surface area contributed by atoms with Gasteiger partial charge in [-0.1, -0.05) is 17.7 Å². The van der Waals surface area contributed by atoms with E-state index in [1.165, 1.54) is 11.1 Å². The van der Waals surface area contributed by atoms with Crippen LogP contribution in [0, 0.1) is 6.92 Å². The Morgan fingerprint density at radius 3 is 2.94 bits per heavy atom. The summed E-state index contributed by atoms with van der Waals surface area (Å²) in [7, 11) is 0. The second-order valence-electron chi connectivity index (χ2n) is 4.67. The second kappa shape index (κ2) is 6.76. The molecule has 0 atom stereocenters. The van der Waals surface area contributed by atoms with E-state index in [-0.39, 0.29) is 18.3 Å². The van der Waals surface area contributed by atoms with Gasteiger partial charge in [0.05, 0.1) is 0 Å². The molecule has 0 saturated carbocycles. The maximum Gasteiger partial charge on any atom is 0.227 e. The number of nitrogens with two attached hydrogens (primary N) is 1. The van der Waals surface area contributed by atoms with E-state index < -0.39 is 0 Å². The molecule has 0 fully saturated rings. The highest BCUT2D eigenvalue weighted by atomic mass is 35.5. The first-order valence-corrected chi connectivity index (χ1v) is 6.32. The monoisotopic (exact) mass is 268 g/mol. The van der Waals surface area contributed by atoms with E-state index in [2.05, 4.69) is 25.1 Å². The van der Waals surface area contributed by atoms with E-state index in [1.54, 1.807) is 0 Å². The lowest BCUT2D eigenvalue weighted by atomic mass is 9.99. The van der Waals surface area contributed by atoms with Crippen molar-refractivity contribution in [3.63, 3.8) is 0 Å². The number of fused-ring (bicyclic) bond motifs is 1. The first kappa shape index (κ1) is 15.0. The zero-order chi connectivity index (χ0) is 12.3. The van der Waals surface area contributed by atoms with Gasteiger partial charge in [0.2, 0.25) is 5.91 Å². The smallest absolute Gasteiger partial charge is 0.227 e. The Kier molecular flexibility index (Phi) is 5.63. The number of hydrogen-bond donors (Lipinski definition) is 1. The molecular formula is C14H21ClN2O. The third kappa shape index (κ3) is 3.24. The number of carbonyl (C=O) groups excluding carboxylic acids is 1. The van der Waals surface area contributed by atoms with Gasteiger partial charge in [-0.05, 0) is 44.4 Å². The van der Waals surface area contributed by atoms with Crippen LogP contribution in [0.2, 0.25) is 0 Å². The van der Waals surface area contributed by atoms with E-state index in [9.17, 15) is 4.79 Å². The van der Waals surface area contributed by atoms with Gasteiger partial charge in [0.15, 0.2) is 0 Å². The lowest BCUT2D eigenvalue weighted by Crippen LogP contribution is -2.35. The molecule has 3 nitrogen and oxygen atoms in total. The average molecular weight is 269 g/mol. The molecule has 0 saturated heterocycles. The van der Waals surface area contributed by atoms with Crippen LogP contribution in [0.4, 0.5) is 5.69 Å². The molecule has 2 rings (SSSR count). The van der Waals surface area contributed by atoms with Crippen molar-refractivity contribution in [3.8, 4) is 0 Å². The van der Waals surface area contributed by atoms with Crippen LogP contribution in [0.5, 0.6) is 0 Å². The molecular weight excluding hydrogens is 248 g/mol. The van der Waals surface area contributed by atoms with Gasteiger partial charge in [-0.3, -0.25) is 4.79 Å². The zero-order valence-electron chi connectivity index (χ0n) is 10.8. The molecule has 1 heterocycles. The maximum absolute atomic E-state index is 12.1. The lowest BCUT2D eigenvalue weighted by molar-refractivity contribution is -0.118. The van der Waals surface area contributed by atoms with Gasteiger partial charge in [-0.25, -0.2) is 0 Å². The third-order valence-corrected chi connectivity index (χ3v) is 3.25. The van der Waals surface area contributed by atoms with Crippen LogP contribution in [0.3, 0.4) is 0 Å². The highest BCUT2D eigenvalue weighted by Crippen LogP contribution is 2.28. The fourth-order valence-corrected chi connectivity index (χ4v) is 2.37. The van der Waals surface area contributed by atoms with Gasteiger partial charge in [0.25, 0.3) is 0 Å². The number of benzene rings is 1. The van der Waals surface area contributed by atoms with E-state index in [0.29, 0.717) is 13.0 Å². The highest BCUT2D eigenvalue weighted by molar-refractivity contribution is 5.94. The van der Waals surface area contributed by atoms with Gasteiger partial charge in [-0.2, -0.15) is 0 Å². The first-order chi connectivity index (χ1) is 8.22. The number of carbonyl (C=O) groups is 1. The summed E-state index contributed by atoms with van der Waals surface area (Å²) >= 11 is 0. The van der Waals surface area contributed by atoms with Crippen molar-refractivity contribution < 1.29 is 4.79 Å². The molecule has 100 valence electrons. The van der Waals surface area contributed by atoms with Crippen molar-refractivity contribution in [1.29, 1.82) is 0 Å². The summed E-state index contributed by atoms with van der Waals surface area (Å²) in [5.41, 5.74) is 9.12. The molecule has 0 bridgehead atoms. The normalized spacial score (nSPS) is 13.8. The molecule has 0 aromatic heterocycles. The van der Waals surface area contributed by atoms with E-state index in [1.807, 2.05) is 4.90 Å². The number of hydrogen-bond acceptors (Lipinski definition) is 2. The average Bonchev–Trinajstić information content (AvgIpc) is 2.34. The number of rotatable bonds is 3. The Morgan fingerprint density at radius 1 is 1.44 bits per heavy atom. The summed E-state index contributed by atoms with van der Waals surface area (Å²) < 4.78 is 0. The van der Waals surface area contributed by atoms with Crippen molar-refractivity contribution in [1.82, 2.24) is 0 Å². The quantitative estimate of drug-likeness (QED) is 0.915. The number of nitrogens with zero attached hydrogens (tertiary/aromatic N) is 1. The van der Waals surface area contributed by atoms with Crippen LogP contribution in [-0.2, 0) is 11.2 Å². The number of halogens is 1. The first-order valence-electron chi connectivity index (χ1n) is 6.32. The van der Waals surface area contributed by atoms with Crippen LogP contribution >= 0.6 is 12.4 Å². The number of aryl methyl sites for hydroxylation is 2. The molecule has 0 spiro atoms. The summed E-state index contributed by atoms with van der Waals surface area (Å²) in [6.07, 6.45) is 3.48. The highest BCUT2D eigenvalue weighted by Gasteiger charge is 2.21. The van der Waals surface area contributed by atoms with E-state index in [4.69, 9.17) is 5.73 Å². The fourth-order valence-electron chi connectivity index (χ4n) is 2.37. The Balaban J connectivity index is 0.00000162. The molecule has 2 N–H and O–H groups in total. The molecule has 0 unspecified atom stereocenters. The van der Waals surface area contributed by atoms with Crippen molar-refractivity contribution in [3.05, 3.63) is 29.3 Å². The van der Waals surface area contributed by atoms with Gasteiger partial charge >= 0.3 is 0 Å². The minimum absolute atomic E-state index is 0. The van der Waals surface area contributed by atoms with Crippen LogP contribution in [0.15, 0.2) is 18.2 Å². The lowest BCUT2D eigenvalue weighted by Gasteiger charge is -2.29. The third-order valence-electron chi connectivity index (χ3n) is 3.25. The van der Waals surface area contributed by atoms with E-state index >= 15 is 0 Å². The van der Waals surface area contributed by atoms with Crippen LogP contribution < -0.4 is 10.6 Å². The molecule has 1 aromatic rings. The van der Waals surface area contributed by atoms with Crippen LogP contribution in [0.1, 0.15) is 30.4 Å². The molecule has 0 radical (unpaired) electrons. The van der Waals surface area contributed by atoms with Crippen LogP contribution in [-0.4, -0.2) is 19.0 Å². The van der Waals surface area contributed by atoms with Crippen molar-refractivity contribution in [2.45, 2.75) is 32.6 Å². The van der Waals surface area contributed by atoms with Gasteiger partial charge in [0.1, 0.15) is 0 Å². The second-order valence-corrected chi connectivity index (χ2v) is 4.67. The van der Waals surface area contributed by atoms with Gasteiger partial charge in [0, 0.05) is 18.7 Å². The number of amides is 1. The maximum atomic E-state index is 12.1. The fraction of sp³-hybridized carbons (Fsp3) is 0.500. The standard InChI is InChI=1S/C14H20N2O.ClH/c1-11-6-7-13-12(10-11)4-3-9-16(13)14(17)5-2-8-15;/h6-7,10H,2-5,8-9,15H2,1H3;1H. The molecule has 18 heavy (non-hydrogen) atoms. The molecule has 1 aliphatic rings. The van der Waals surface area contributed by atoms with Crippen LogP contribution in [0.25, 0.3) is 0 Å². The summed E-state index contributed by atoms with van der Waals surface area (Å²) in [5, 5.41) is 0. The molecule has 0 aliphatic carbocycles. The molecule has 1 aromatic carbocycles. The Hall–Kier alpha value is -1.06. The predicted molar refractivity (Wildman–Crippen MR) is 77.4 cm³/mol. The largest absolute Gasteiger partial charge is 0.330 e. The summed E-state index contributed by atoms with van der Waals surface area (Å²) in [6.45, 7) is 3.52. The topological polar surface area (TPSA) is 46.3 Å². The predicted octanol–water partition coefficient (Wildman–Crippen LogP) is 2.43. The Morgan fingerprint density at radius 2 is 2.22 bits per heavy atom. The molecule has 1 aliphatic heterocycles. The Labute approximate surface area is 115 Å². The number of anilines is 1. The summed E-state index contributed by atoms with van der Waals surface area (Å²) in [4.78, 5) is 14.0. The van der Waals surface area contributed by atoms with Gasteiger partial charge < -0.3 is 10.6 Å². The summed E-state index contributed by atoms with van der Waals surface area (Å²) in [5.74, 6) is 0.209. The van der Waals surface area contributed by atoms with Gasteiger partial charge in [-0.15, -0.1) is 12.4 Å². The van der Waals surface area contributed by atoms with Crippen molar-refractivity contribution >= 4 is 24.0 Å². The Bertz CT molecular complexity index is 420. The van der Waals surface area contributed by atoms with Crippen molar-refractivity contribution in [2.24, 2.45) is 5.73 Å². The van der Waals surface area contributed by atoms with E-state index in [0.717, 1.165) is 31.5 Å². The minimum Gasteiger partial charge on any atom is -0.330 e. The molecule has 4 heteroatoms. The minimum atomic E-state index is 0. The van der Waals surface area contributed by atoms with Crippen molar-refractivity contribution in [2.75, 3.05) is 18.0 Å². The summed E-state index contributed by atoms with van der Waals surface area (Å²) in [6, 6.07) is 6.34. The SMILES string of the molecule is Cc1ccc2c(c1)CCCN2C(=O)CCCN.Cl. The molecule has 1 amide bonds.